The molecule has 0 aromatic rings. The summed E-state index contributed by atoms with van der Waals surface area (Å²) in [6.07, 6.45) is -0.600. The van der Waals surface area contributed by atoms with Crippen molar-refractivity contribution in [3.05, 3.63) is 0 Å². The molecule has 0 aliphatic rings. The fraction of sp³-hybridized carbons (Fsp3) is 0.800. The Hall–Kier alpha value is -0.610. The molecule has 4 nitrogen and oxygen atoms in total. The highest BCUT2D eigenvalue weighted by Gasteiger charge is 2.02. The predicted octanol–water partition coefficient (Wildman–Crippen LogP) is -1.18. The second-order valence-electron chi connectivity index (χ2n) is 1.81. The second kappa shape index (κ2) is 4.29. The highest BCUT2D eigenvalue weighted by molar-refractivity contribution is 5.76. The van der Waals surface area contributed by atoms with Crippen LogP contribution in [0.2, 0.25) is 0 Å². The Bertz CT molecular complexity index is 92.2. The average Bonchev–Trinajstić information content (AvgIpc) is 1.63. The van der Waals surface area contributed by atoms with Crippen LogP contribution in [0, 0.1) is 0 Å². The van der Waals surface area contributed by atoms with Crippen LogP contribution in [0.5, 0.6) is 0 Å². The van der Waals surface area contributed by atoms with E-state index >= 15 is 0 Å². The number of hydrogen-bond acceptors (Lipinski definition) is 3. The van der Waals surface area contributed by atoms with Crippen LogP contribution < -0.4 is 5.32 Å². The summed E-state index contributed by atoms with van der Waals surface area (Å²) in [5.41, 5.74) is 0. The summed E-state index contributed by atoms with van der Waals surface area (Å²) in [7, 11) is 0. The molecule has 54 valence electrons. The number of carbonyl (C=O) groups is 1. The third-order valence-corrected chi connectivity index (χ3v) is 0.757. The zero-order valence-corrected chi connectivity index (χ0v) is 5.29. The Morgan fingerprint density at radius 3 is 2.67 bits per heavy atom. The minimum absolute atomic E-state index is 0.0422. The zero-order chi connectivity index (χ0) is 7.28. The van der Waals surface area contributed by atoms with E-state index in [9.17, 15) is 4.79 Å². The quantitative estimate of drug-likeness (QED) is 0.424. The molecule has 0 aliphatic carbocycles. The van der Waals surface area contributed by atoms with Gasteiger partial charge in [-0.1, -0.05) is 0 Å². The van der Waals surface area contributed by atoms with Gasteiger partial charge in [0.1, 0.15) is 6.73 Å². The van der Waals surface area contributed by atoms with Gasteiger partial charge >= 0.3 is 0 Å². The molecule has 0 fully saturated rings. The second-order valence-corrected chi connectivity index (χ2v) is 1.81. The number of aliphatic hydroxyl groups is 2. The van der Waals surface area contributed by atoms with Crippen molar-refractivity contribution in [2.75, 3.05) is 6.73 Å². The molecule has 0 bridgehead atoms. The van der Waals surface area contributed by atoms with Crippen molar-refractivity contribution >= 4 is 5.91 Å². The first-order valence-corrected chi connectivity index (χ1v) is 2.72. The van der Waals surface area contributed by atoms with Crippen LogP contribution in [-0.2, 0) is 4.79 Å². The summed E-state index contributed by atoms with van der Waals surface area (Å²) in [6.45, 7) is 1.14. The first-order valence-electron chi connectivity index (χ1n) is 2.72. The largest absolute Gasteiger partial charge is 0.393 e. The monoisotopic (exact) mass is 133 g/mol. The molecular weight excluding hydrogens is 122 g/mol. The topological polar surface area (TPSA) is 69.6 Å². The summed E-state index contributed by atoms with van der Waals surface area (Å²) < 4.78 is 0. The van der Waals surface area contributed by atoms with Crippen molar-refractivity contribution in [1.29, 1.82) is 0 Å². The van der Waals surface area contributed by atoms with E-state index in [0.29, 0.717) is 0 Å². The first-order chi connectivity index (χ1) is 4.16. The Labute approximate surface area is 53.5 Å². The fourth-order valence-corrected chi connectivity index (χ4v) is 0.429. The van der Waals surface area contributed by atoms with Gasteiger partial charge in [-0.2, -0.15) is 0 Å². The molecule has 0 saturated carbocycles. The first kappa shape index (κ1) is 8.39. The van der Waals surface area contributed by atoms with E-state index in [4.69, 9.17) is 10.2 Å². The molecule has 1 amide bonds. The molecule has 9 heavy (non-hydrogen) atoms. The van der Waals surface area contributed by atoms with Crippen LogP contribution in [0.1, 0.15) is 13.3 Å². The van der Waals surface area contributed by atoms with Crippen LogP contribution in [0.4, 0.5) is 0 Å². The van der Waals surface area contributed by atoms with Crippen molar-refractivity contribution in [2.24, 2.45) is 0 Å². The maximum absolute atomic E-state index is 10.4. The highest BCUT2D eigenvalue weighted by atomic mass is 16.3. The Balaban J connectivity index is 3.27. The molecule has 0 saturated heterocycles. The van der Waals surface area contributed by atoms with E-state index in [0.717, 1.165) is 0 Å². The maximum atomic E-state index is 10.4. The molecule has 4 heteroatoms. The van der Waals surface area contributed by atoms with Gasteiger partial charge in [0.2, 0.25) is 5.91 Å². The minimum Gasteiger partial charge on any atom is -0.393 e. The predicted molar refractivity (Wildman–Crippen MR) is 31.5 cm³/mol. The number of carbonyl (C=O) groups excluding carboxylic acids is 1. The van der Waals surface area contributed by atoms with Gasteiger partial charge in [0.05, 0.1) is 12.5 Å². The summed E-state index contributed by atoms with van der Waals surface area (Å²) in [6, 6.07) is 0. The lowest BCUT2D eigenvalue weighted by Crippen LogP contribution is -2.26. The van der Waals surface area contributed by atoms with Crippen molar-refractivity contribution in [1.82, 2.24) is 5.32 Å². The number of nitrogens with one attached hydrogen (secondary N) is 1. The number of aliphatic hydroxyl groups excluding tert-OH is 2. The molecule has 1 unspecified atom stereocenters. The average molecular weight is 133 g/mol. The molecule has 0 heterocycles. The summed E-state index contributed by atoms with van der Waals surface area (Å²) >= 11 is 0. The lowest BCUT2D eigenvalue weighted by Gasteiger charge is -2.02. The molecule has 0 aromatic carbocycles. The molecule has 1 atom stereocenters. The van der Waals surface area contributed by atoms with E-state index in [2.05, 4.69) is 5.32 Å². The van der Waals surface area contributed by atoms with Gasteiger partial charge in [-0.15, -0.1) is 0 Å². The smallest absolute Gasteiger partial charge is 0.224 e. The molecule has 3 N–H and O–H groups in total. The van der Waals surface area contributed by atoms with Crippen LogP contribution in [-0.4, -0.2) is 29.0 Å². The molecule has 0 aromatic heterocycles. The lowest BCUT2D eigenvalue weighted by atomic mass is 10.3. The van der Waals surface area contributed by atoms with E-state index in [1.54, 1.807) is 0 Å². The van der Waals surface area contributed by atoms with Crippen molar-refractivity contribution in [3.63, 3.8) is 0 Å². The maximum Gasteiger partial charge on any atom is 0.224 e. The van der Waals surface area contributed by atoms with Crippen molar-refractivity contribution < 1.29 is 15.0 Å². The summed E-state index contributed by atoms with van der Waals surface area (Å²) in [4.78, 5) is 10.4. The number of amides is 1. The molecule has 0 rings (SSSR count). The third kappa shape index (κ3) is 5.26. The van der Waals surface area contributed by atoms with Gasteiger partial charge in [-0.25, -0.2) is 0 Å². The Kier molecular flexibility index (Phi) is 4.00. The molecule has 0 radical (unpaired) electrons. The lowest BCUT2D eigenvalue weighted by molar-refractivity contribution is -0.123. The van der Waals surface area contributed by atoms with Gasteiger partial charge in [0, 0.05) is 0 Å². The highest BCUT2D eigenvalue weighted by Crippen LogP contribution is 1.86. The van der Waals surface area contributed by atoms with Crippen LogP contribution in [0.15, 0.2) is 0 Å². The van der Waals surface area contributed by atoms with Crippen LogP contribution in [0.25, 0.3) is 0 Å². The molecule has 0 aliphatic heterocycles. The van der Waals surface area contributed by atoms with Crippen molar-refractivity contribution in [3.8, 4) is 0 Å². The summed E-state index contributed by atoms with van der Waals surface area (Å²) in [5, 5.41) is 18.9. The normalized spacial score (nSPS) is 12.8. The summed E-state index contributed by atoms with van der Waals surface area (Å²) in [5.74, 6) is -0.340. The SMILES string of the molecule is CC(O)CC(=O)NCO. The van der Waals surface area contributed by atoms with Crippen LogP contribution in [0.3, 0.4) is 0 Å². The van der Waals surface area contributed by atoms with Gasteiger partial charge in [0.25, 0.3) is 0 Å². The van der Waals surface area contributed by atoms with E-state index in [1.807, 2.05) is 0 Å². The van der Waals surface area contributed by atoms with E-state index in [-0.39, 0.29) is 19.1 Å². The Morgan fingerprint density at radius 2 is 2.33 bits per heavy atom. The van der Waals surface area contributed by atoms with Gasteiger partial charge < -0.3 is 15.5 Å². The van der Waals surface area contributed by atoms with Gasteiger partial charge in [0.15, 0.2) is 0 Å². The molecule has 0 spiro atoms. The third-order valence-electron chi connectivity index (χ3n) is 0.757. The Morgan fingerprint density at radius 1 is 1.78 bits per heavy atom. The minimum atomic E-state index is -0.642. The van der Waals surface area contributed by atoms with E-state index in [1.165, 1.54) is 6.92 Å². The standard InChI is InChI=1S/C5H11NO3/c1-4(8)2-5(9)6-3-7/h4,7-8H,2-3H2,1H3,(H,6,9). The fourth-order valence-electron chi connectivity index (χ4n) is 0.429. The van der Waals surface area contributed by atoms with E-state index < -0.39 is 6.10 Å². The molecular formula is C5H11NO3. The van der Waals surface area contributed by atoms with Gasteiger partial charge in [-0.3, -0.25) is 4.79 Å². The van der Waals surface area contributed by atoms with Crippen LogP contribution >= 0.6 is 0 Å². The van der Waals surface area contributed by atoms with Crippen molar-refractivity contribution in [2.45, 2.75) is 19.4 Å². The zero-order valence-electron chi connectivity index (χ0n) is 5.29. The number of rotatable bonds is 3. The number of hydrogen-bond donors (Lipinski definition) is 3. The van der Waals surface area contributed by atoms with Gasteiger partial charge in [-0.05, 0) is 6.92 Å².